The van der Waals surface area contributed by atoms with Crippen LogP contribution in [0.1, 0.15) is 78.6 Å². The Labute approximate surface area is 171 Å². The van der Waals surface area contributed by atoms with Crippen molar-refractivity contribution in [1.29, 1.82) is 0 Å². The maximum Gasteiger partial charge on any atom is 0.0577 e. The molecule has 1 N–H and O–H groups in total. The Balaban J connectivity index is 1.48. The molecular formula is C26H40O2. The molecule has 0 bridgehead atoms. The molecule has 1 aliphatic heterocycles. The van der Waals surface area contributed by atoms with Crippen molar-refractivity contribution >= 4 is 0 Å². The first-order valence-corrected chi connectivity index (χ1v) is 12.1. The van der Waals surface area contributed by atoms with E-state index in [9.17, 15) is 5.11 Å². The van der Waals surface area contributed by atoms with Gasteiger partial charge in [-0.1, -0.05) is 44.1 Å². The van der Waals surface area contributed by atoms with Gasteiger partial charge in [-0.3, -0.25) is 0 Å². The molecule has 156 valence electrons. The number of aliphatic hydroxyl groups is 1. The van der Waals surface area contributed by atoms with E-state index in [4.69, 9.17) is 4.74 Å². The van der Waals surface area contributed by atoms with Crippen LogP contribution in [0, 0.1) is 40.4 Å². The summed E-state index contributed by atoms with van der Waals surface area (Å²) in [6, 6.07) is 0. The zero-order valence-electron chi connectivity index (χ0n) is 18.3. The maximum absolute atomic E-state index is 10.3. The summed E-state index contributed by atoms with van der Waals surface area (Å²) >= 11 is 0. The van der Waals surface area contributed by atoms with Crippen molar-refractivity contribution in [2.75, 3.05) is 13.2 Å². The lowest BCUT2D eigenvalue weighted by molar-refractivity contribution is -0.0565. The minimum Gasteiger partial charge on any atom is -0.393 e. The molecule has 1 heterocycles. The summed E-state index contributed by atoms with van der Waals surface area (Å²) in [5.41, 5.74) is 4.11. The highest BCUT2D eigenvalue weighted by molar-refractivity contribution is 5.32. The summed E-state index contributed by atoms with van der Waals surface area (Å²) < 4.78 is 5.89. The zero-order chi connectivity index (χ0) is 19.5. The summed E-state index contributed by atoms with van der Waals surface area (Å²) in [6.45, 7) is 9.48. The highest BCUT2D eigenvalue weighted by atomic mass is 16.5. The summed E-state index contributed by atoms with van der Waals surface area (Å²) in [6.07, 6.45) is 16.2. The molecule has 0 amide bonds. The van der Waals surface area contributed by atoms with Gasteiger partial charge in [-0.15, -0.1) is 0 Å². The van der Waals surface area contributed by atoms with Gasteiger partial charge in [-0.25, -0.2) is 0 Å². The first-order chi connectivity index (χ1) is 13.5. The molecule has 5 rings (SSSR count). The molecule has 0 aromatic carbocycles. The lowest BCUT2D eigenvalue weighted by Gasteiger charge is -2.60. The molecule has 2 heteroatoms. The van der Waals surface area contributed by atoms with Crippen LogP contribution in [0.25, 0.3) is 0 Å². The highest BCUT2D eigenvalue weighted by Gasteiger charge is 2.59. The van der Waals surface area contributed by atoms with Crippen LogP contribution in [0.4, 0.5) is 0 Å². The van der Waals surface area contributed by atoms with Gasteiger partial charge in [0, 0.05) is 12.5 Å². The molecule has 0 aromatic rings. The Morgan fingerprint density at radius 1 is 1.11 bits per heavy atom. The first kappa shape index (κ1) is 19.4. The Kier molecular flexibility index (Phi) is 4.83. The van der Waals surface area contributed by atoms with Crippen molar-refractivity contribution in [3.05, 3.63) is 23.3 Å². The Morgan fingerprint density at radius 2 is 1.93 bits per heavy atom. The fourth-order valence-corrected chi connectivity index (χ4v) is 8.42. The van der Waals surface area contributed by atoms with Gasteiger partial charge in [0.05, 0.1) is 12.7 Å². The molecule has 2 nitrogen and oxygen atoms in total. The minimum atomic E-state index is -0.103. The molecule has 1 saturated heterocycles. The van der Waals surface area contributed by atoms with Crippen molar-refractivity contribution in [3.63, 3.8) is 0 Å². The molecular weight excluding hydrogens is 344 g/mol. The number of aliphatic hydroxyl groups excluding tert-OH is 1. The van der Waals surface area contributed by atoms with Gasteiger partial charge in [0.25, 0.3) is 0 Å². The van der Waals surface area contributed by atoms with Crippen molar-refractivity contribution in [1.82, 2.24) is 0 Å². The summed E-state index contributed by atoms with van der Waals surface area (Å²) in [5, 5.41) is 10.3. The van der Waals surface area contributed by atoms with Crippen molar-refractivity contribution in [2.45, 2.75) is 84.7 Å². The van der Waals surface area contributed by atoms with E-state index >= 15 is 0 Å². The third kappa shape index (κ3) is 2.73. The van der Waals surface area contributed by atoms with E-state index in [1.54, 1.807) is 11.1 Å². The Bertz CT molecular complexity index is 672. The van der Waals surface area contributed by atoms with Crippen molar-refractivity contribution in [2.24, 2.45) is 40.4 Å². The van der Waals surface area contributed by atoms with Gasteiger partial charge < -0.3 is 9.84 Å². The highest BCUT2D eigenvalue weighted by Crippen LogP contribution is 2.67. The minimum absolute atomic E-state index is 0.103. The van der Waals surface area contributed by atoms with Crippen LogP contribution in [0.2, 0.25) is 0 Å². The number of ether oxygens (including phenoxy) is 1. The smallest absolute Gasteiger partial charge is 0.0577 e. The van der Waals surface area contributed by atoms with E-state index in [0.29, 0.717) is 22.7 Å². The van der Waals surface area contributed by atoms with Gasteiger partial charge in [0.1, 0.15) is 0 Å². The summed E-state index contributed by atoms with van der Waals surface area (Å²) in [7, 11) is 0. The normalized spacial score (nSPS) is 50.9. The third-order valence-corrected chi connectivity index (χ3v) is 9.96. The quantitative estimate of drug-likeness (QED) is 0.600. The van der Waals surface area contributed by atoms with Crippen LogP contribution in [0.15, 0.2) is 23.3 Å². The van der Waals surface area contributed by atoms with E-state index in [2.05, 4.69) is 32.9 Å². The lowest BCUT2D eigenvalue weighted by Crippen LogP contribution is -2.53. The average Bonchev–Trinajstić information content (AvgIpc) is 3.06. The van der Waals surface area contributed by atoms with Gasteiger partial charge in [0.2, 0.25) is 0 Å². The van der Waals surface area contributed by atoms with E-state index in [-0.39, 0.29) is 6.10 Å². The fourth-order valence-electron chi connectivity index (χ4n) is 8.42. The molecule has 5 aliphatic rings. The predicted molar refractivity (Wildman–Crippen MR) is 114 cm³/mol. The van der Waals surface area contributed by atoms with E-state index < -0.39 is 0 Å². The van der Waals surface area contributed by atoms with Crippen LogP contribution in [0.3, 0.4) is 0 Å². The molecule has 8 atom stereocenters. The Morgan fingerprint density at radius 3 is 2.68 bits per heavy atom. The van der Waals surface area contributed by atoms with Gasteiger partial charge in [-0.2, -0.15) is 0 Å². The van der Waals surface area contributed by atoms with Crippen LogP contribution in [0.5, 0.6) is 0 Å². The van der Waals surface area contributed by atoms with Crippen LogP contribution < -0.4 is 0 Å². The topological polar surface area (TPSA) is 29.5 Å². The average molecular weight is 385 g/mol. The summed E-state index contributed by atoms with van der Waals surface area (Å²) in [5.74, 6) is 3.84. The molecule has 3 fully saturated rings. The van der Waals surface area contributed by atoms with Gasteiger partial charge in [0.15, 0.2) is 0 Å². The van der Waals surface area contributed by atoms with Crippen LogP contribution in [-0.2, 0) is 4.74 Å². The third-order valence-electron chi connectivity index (χ3n) is 9.96. The van der Waals surface area contributed by atoms with Crippen LogP contribution >= 0.6 is 0 Å². The molecule has 0 spiro atoms. The molecule has 3 unspecified atom stereocenters. The number of allylic oxidation sites excluding steroid dienone is 2. The number of hydrogen-bond acceptors (Lipinski definition) is 2. The van der Waals surface area contributed by atoms with Crippen molar-refractivity contribution < 1.29 is 9.84 Å². The second-order valence-electron chi connectivity index (χ2n) is 11.1. The number of rotatable bonds is 2. The van der Waals surface area contributed by atoms with E-state index in [1.165, 1.54) is 44.9 Å². The Hall–Kier alpha value is -0.600. The van der Waals surface area contributed by atoms with Crippen LogP contribution in [-0.4, -0.2) is 24.4 Å². The second kappa shape index (κ2) is 6.98. The van der Waals surface area contributed by atoms with E-state index in [0.717, 1.165) is 43.8 Å². The monoisotopic (exact) mass is 384 g/mol. The van der Waals surface area contributed by atoms with Crippen molar-refractivity contribution in [3.8, 4) is 0 Å². The number of hydrogen-bond donors (Lipinski definition) is 1. The molecule has 0 aromatic heterocycles. The largest absolute Gasteiger partial charge is 0.393 e. The molecule has 0 radical (unpaired) electrons. The predicted octanol–water partition coefficient (Wildman–Crippen LogP) is 5.91. The zero-order valence-corrected chi connectivity index (χ0v) is 18.3. The lowest BCUT2D eigenvalue weighted by atomic mass is 9.45. The first-order valence-electron chi connectivity index (χ1n) is 12.1. The van der Waals surface area contributed by atoms with E-state index in [1.807, 2.05) is 0 Å². The molecule has 2 saturated carbocycles. The van der Waals surface area contributed by atoms with Gasteiger partial charge in [-0.05, 0) is 92.3 Å². The van der Waals surface area contributed by atoms with Gasteiger partial charge >= 0.3 is 0 Å². The second-order valence-corrected chi connectivity index (χ2v) is 11.1. The maximum atomic E-state index is 10.3. The molecule has 28 heavy (non-hydrogen) atoms. The standard InChI is InChI=1S/C26H40O2/c1-4-17-14-19-15-20(27)9-11-25(19,2)23-10-12-26(3)21(7-8-22(26)24(17)23)18-6-5-13-28-16-18/h7,14,17-18,20,22-24,27H,4-6,8-13,15-16H2,1-3H3/t17?,18?,20?,22-,23+,24-,25-,26+/m0/s1. The number of fused-ring (bicyclic) bond motifs is 5. The summed E-state index contributed by atoms with van der Waals surface area (Å²) in [4.78, 5) is 0. The fraction of sp³-hybridized carbons (Fsp3) is 0.846. The SMILES string of the molecule is CCC1C=C2CC(O)CC[C@]2(C)[C@@H]2CC[C@]3(C)C(C4CCCOC4)=CC[C@H]3[C@H]12. The molecule has 4 aliphatic carbocycles.